The molecule has 0 saturated heterocycles. The lowest BCUT2D eigenvalue weighted by atomic mass is 10.6. The van der Waals surface area contributed by atoms with Crippen molar-refractivity contribution in [3.8, 4) is 0 Å². The van der Waals surface area contributed by atoms with Crippen LogP contribution in [-0.2, 0) is 27.2 Å². The van der Waals surface area contributed by atoms with Crippen molar-refractivity contribution in [2.24, 2.45) is 0 Å². The van der Waals surface area contributed by atoms with E-state index in [1.807, 2.05) is 0 Å². The van der Waals surface area contributed by atoms with Gasteiger partial charge in [0, 0.05) is 32.0 Å². The van der Waals surface area contributed by atoms with Crippen LogP contribution in [0.4, 0.5) is 0 Å². The molecule has 0 aliphatic rings. The van der Waals surface area contributed by atoms with Gasteiger partial charge in [-0.25, -0.2) is 25.3 Å². The van der Waals surface area contributed by atoms with E-state index in [-0.39, 0.29) is 11.3 Å². The minimum atomic E-state index is -4.57. The van der Waals surface area contributed by atoms with E-state index in [1.54, 1.807) is 0 Å². The zero-order valence-corrected chi connectivity index (χ0v) is 14.1. The Morgan fingerprint density at radius 3 is 1.39 bits per heavy atom. The molecule has 18 heavy (non-hydrogen) atoms. The molecule has 0 fully saturated rings. The molecule has 0 amide bonds. The van der Waals surface area contributed by atoms with Crippen molar-refractivity contribution in [2.45, 2.75) is 18.2 Å². The van der Waals surface area contributed by atoms with Crippen molar-refractivity contribution in [2.75, 3.05) is 0 Å². The highest BCUT2D eigenvalue weighted by Gasteiger charge is 2.35. The highest BCUT2D eigenvalue weighted by atomic mass is 35.7. The zero-order chi connectivity index (χ0) is 14.5. The average molecular weight is 412 g/mol. The Morgan fingerprint density at radius 1 is 0.778 bits per heavy atom. The second-order valence-electron chi connectivity index (χ2n) is 2.67. The van der Waals surface area contributed by atoms with Gasteiger partial charge in [-0.1, -0.05) is 0 Å². The van der Waals surface area contributed by atoms with Crippen molar-refractivity contribution in [1.29, 1.82) is 0 Å². The van der Waals surface area contributed by atoms with Gasteiger partial charge in [0.25, 0.3) is 27.2 Å². The summed E-state index contributed by atoms with van der Waals surface area (Å²) in [6.45, 7) is 0. The van der Waals surface area contributed by atoms with Gasteiger partial charge in [-0.05, 0) is 0 Å². The van der Waals surface area contributed by atoms with Crippen LogP contribution in [0.1, 0.15) is 0 Å². The number of hydrogen-bond acceptors (Lipinski definition) is 8. The zero-order valence-electron chi connectivity index (χ0n) is 7.66. The number of hydrogen-bond donors (Lipinski definition) is 1. The summed E-state index contributed by atoms with van der Waals surface area (Å²) in [5.74, 6) is 0. The molecular weight excluding hydrogens is 411 g/mol. The third-order valence-electron chi connectivity index (χ3n) is 1.47. The standard InChI is InChI=1S/C4HCl3O6S5/c5-16(8,9)2-1(14)3(17(6,10)11)15-4(2)18(7,12)13/h14H. The fourth-order valence-corrected chi connectivity index (χ4v) is 8.70. The van der Waals surface area contributed by atoms with Crippen molar-refractivity contribution in [3.63, 3.8) is 0 Å². The van der Waals surface area contributed by atoms with Crippen LogP contribution in [0.2, 0.25) is 0 Å². The Labute approximate surface area is 126 Å². The molecule has 1 rings (SSSR count). The number of thiophene rings is 1. The highest BCUT2D eigenvalue weighted by Crippen LogP contribution is 2.44. The fraction of sp³-hybridized carbons (Fsp3) is 0. The fourth-order valence-electron chi connectivity index (χ4n) is 0.909. The van der Waals surface area contributed by atoms with Gasteiger partial charge >= 0.3 is 0 Å². The van der Waals surface area contributed by atoms with E-state index in [2.05, 4.69) is 12.6 Å². The van der Waals surface area contributed by atoms with Crippen LogP contribution in [0, 0.1) is 0 Å². The van der Waals surface area contributed by atoms with Crippen LogP contribution in [0.15, 0.2) is 18.2 Å². The Bertz CT molecular complexity index is 800. The highest BCUT2D eigenvalue weighted by molar-refractivity contribution is 8.18. The molecule has 0 aliphatic heterocycles. The van der Waals surface area contributed by atoms with Crippen molar-refractivity contribution in [1.82, 2.24) is 0 Å². The maximum absolute atomic E-state index is 11.2. The van der Waals surface area contributed by atoms with E-state index in [1.165, 1.54) is 0 Å². The van der Waals surface area contributed by atoms with Gasteiger partial charge in [0.05, 0.1) is 4.90 Å². The molecule has 0 bridgehead atoms. The Balaban J connectivity index is 3.99. The van der Waals surface area contributed by atoms with Crippen LogP contribution in [-0.4, -0.2) is 25.3 Å². The summed E-state index contributed by atoms with van der Waals surface area (Å²) in [4.78, 5) is -1.70. The van der Waals surface area contributed by atoms with Crippen LogP contribution >= 0.6 is 56.0 Å². The second-order valence-corrected chi connectivity index (χ2v) is 12.2. The molecule has 0 saturated carbocycles. The molecule has 14 heteroatoms. The molecule has 0 aromatic carbocycles. The molecule has 1 aromatic heterocycles. The Hall–Kier alpha value is 0.770. The SMILES string of the molecule is O=S(=O)(Cl)c1sc(S(=O)(=O)Cl)c(S(=O)(=O)Cl)c1S. The van der Waals surface area contributed by atoms with Crippen LogP contribution < -0.4 is 0 Å². The lowest BCUT2D eigenvalue weighted by Crippen LogP contribution is -1.98. The summed E-state index contributed by atoms with van der Waals surface area (Å²) in [5.41, 5.74) is 0. The minimum absolute atomic E-state index is 0.0471. The van der Waals surface area contributed by atoms with Crippen molar-refractivity contribution in [3.05, 3.63) is 0 Å². The van der Waals surface area contributed by atoms with Gasteiger partial charge in [-0.15, -0.1) is 24.0 Å². The predicted octanol–water partition coefficient (Wildman–Crippen LogP) is 1.82. The lowest BCUT2D eigenvalue weighted by Gasteiger charge is -1.97. The predicted molar refractivity (Wildman–Crippen MR) is 70.7 cm³/mol. The molecule has 0 unspecified atom stereocenters. The number of rotatable bonds is 3. The molecule has 6 nitrogen and oxygen atoms in total. The summed E-state index contributed by atoms with van der Waals surface area (Å²) in [6.07, 6.45) is 0. The van der Waals surface area contributed by atoms with Gasteiger partial charge in [0.1, 0.15) is 4.90 Å². The number of halogens is 3. The van der Waals surface area contributed by atoms with Gasteiger partial charge in [0.2, 0.25) is 0 Å². The smallest absolute Gasteiger partial charge is 0.207 e. The van der Waals surface area contributed by atoms with Gasteiger partial charge in [-0.3, -0.25) is 0 Å². The molecule has 0 spiro atoms. The molecule has 0 N–H and O–H groups in total. The monoisotopic (exact) mass is 410 g/mol. The normalized spacial score (nSPS) is 13.8. The van der Waals surface area contributed by atoms with Crippen molar-refractivity contribution < 1.29 is 25.3 Å². The molecular formula is C4HCl3O6S5. The quantitative estimate of drug-likeness (QED) is 0.601. The first kappa shape index (κ1) is 16.8. The van der Waals surface area contributed by atoms with Crippen LogP contribution in [0.25, 0.3) is 0 Å². The summed E-state index contributed by atoms with van der Waals surface area (Å²) in [6, 6.07) is 0. The van der Waals surface area contributed by atoms with Gasteiger partial charge in [-0.2, -0.15) is 0 Å². The third kappa shape index (κ3) is 3.45. The lowest BCUT2D eigenvalue weighted by molar-refractivity contribution is 0.597. The summed E-state index contributed by atoms with van der Waals surface area (Å²) in [7, 11) is 1.53. The van der Waals surface area contributed by atoms with Crippen LogP contribution in [0.5, 0.6) is 0 Å². The van der Waals surface area contributed by atoms with Crippen LogP contribution in [0.3, 0.4) is 0 Å². The first-order chi connectivity index (χ1) is 7.76. The summed E-state index contributed by atoms with van der Waals surface area (Å²) in [5, 5.41) is 0. The van der Waals surface area contributed by atoms with E-state index in [0.717, 1.165) is 0 Å². The summed E-state index contributed by atoms with van der Waals surface area (Å²) < 4.78 is 65.3. The van der Waals surface area contributed by atoms with Gasteiger partial charge in [0.15, 0.2) is 8.42 Å². The Morgan fingerprint density at radius 2 is 1.17 bits per heavy atom. The third-order valence-corrected chi connectivity index (χ3v) is 9.35. The number of thiol groups is 1. The largest absolute Gasteiger partial charge is 0.272 e. The molecule has 1 heterocycles. The first-order valence-corrected chi connectivity index (χ1v) is 11.6. The van der Waals surface area contributed by atoms with E-state index in [0.29, 0.717) is 0 Å². The molecule has 0 atom stereocenters. The van der Waals surface area contributed by atoms with E-state index in [4.69, 9.17) is 32.0 Å². The molecule has 0 aliphatic carbocycles. The average Bonchev–Trinajstić information content (AvgIpc) is 2.39. The maximum atomic E-state index is 11.2. The van der Waals surface area contributed by atoms with Gasteiger partial charge < -0.3 is 0 Å². The molecule has 0 radical (unpaired) electrons. The minimum Gasteiger partial charge on any atom is -0.207 e. The van der Waals surface area contributed by atoms with E-state index in [9.17, 15) is 25.3 Å². The Kier molecular flexibility index (Phi) is 4.63. The van der Waals surface area contributed by atoms with Crippen molar-refractivity contribution >= 4 is 83.2 Å². The topological polar surface area (TPSA) is 102 Å². The second kappa shape index (κ2) is 4.95. The molecule has 104 valence electrons. The first-order valence-electron chi connectivity index (χ1n) is 3.46. The van der Waals surface area contributed by atoms with E-state index >= 15 is 0 Å². The maximum Gasteiger partial charge on any atom is 0.272 e. The molecule has 1 aromatic rings. The summed E-state index contributed by atoms with van der Waals surface area (Å²) >= 11 is 3.66. The van der Waals surface area contributed by atoms with E-state index < -0.39 is 45.4 Å².